The molecule has 0 saturated heterocycles. The van der Waals surface area contributed by atoms with Gasteiger partial charge in [-0.15, -0.1) is 0 Å². The lowest BCUT2D eigenvalue weighted by Gasteiger charge is -2.23. The molecule has 24 heavy (non-hydrogen) atoms. The Balaban J connectivity index is 1.70. The van der Waals surface area contributed by atoms with Gasteiger partial charge in [0.15, 0.2) is 5.11 Å². The van der Waals surface area contributed by atoms with Crippen molar-refractivity contribution in [2.75, 3.05) is 37.0 Å². The molecule has 0 spiro atoms. The molecule has 0 unspecified atom stereocenters. The molecule has 128 valence electrons. The first-order chi connectivity index (χ1) is 11.7. The van der Waals surface area contributed by atoms with E-state index in [0.29, 0.717) is 5.11 Å². The van der Waals surface area contributed by atoms with E-state index in [9.17, 15) is 0 Å². The van der Waals surface area contributed by atoms with Crippen molar-refractivity contribution in [2.24, 2.45) is 0 Å². The number of thiocarbonyl (C=S) groups is 1. The molecule has 0 atom stereocenters. The number of benzene rings is 2. The van der Waals surface area contributed by atoms with Crippen LogP contribution in [0.4, 0.5) is 11.4 Å². The van der Waals surface area contributed by atoms with Gasteiger partial charge in [0.05, 0.1) is 7.11 Å². The molecular weight excluding hydrogens is 318 g/mol. The fourth-order valence-corrected chi connectivity index (χ4v) is 2.65. The third-order valence-electron chi connectivity index (χ3n) is 3.74. The van der Waals surface area contributed by atoms with Gasteiger partial charge in [-0.2, -0.15) is 0 Å². The van der Waals surface area contributed by atoms with Crippen molar-refractivity contribution in [2.45, 2.75) is 13.3 Å². The maximum atomic E-state index is 5.33. The maximum Gasteiger partial charge on any atom is 0.170 e. The predicted molar refractivity (Wildman–Crippen MR) is 106 cm³/mol. The lowest BCUT2D eigenvalue weighted by molar-refractivity contribution is 0.415. The average Bonchev–Trinajstić information content (AvgIpc) is 2.63. The number of hydrogen-bond acceptors (Lipinski definition) is 3. The Morgan fingerprint density at radius 2 is 1.79 bits per heavy atom. The van der Waals surface area contributed by atoms with Crippen LogP contribution in [0.2, 0.25) is 0 Å². The number of methoxy groups -OCH3 is 1. The molecule has 2 rings (SSSR count). The van der Waals surface area contributed by atoms with Crippen LogP contribution < -0.4 is 20.3 Å². The van der Waals surface area contributed by atoms with E-state index in [2.05, 4.69) is 46.7 Å². The highest BCUT2D eigenvalue weighted by molar-refractivity contribution is 7.80. The Labute approximate surface area is 149 Å². The fraction of sp³-hybridized carbons (Fsp3) is 0.316. The van der Waals surface area contributed by atoms with Crippen LogP contribution in [0.5, 0.6) is 5.75 Å². The summed E-state index contributed by atoms with van der Waals surface area (Å²) in [6, 6.07) is 18.2. The zero-order valence-corrected chi connectivity index (χ0v) is 15.1. The zero-order chi connectivity index (χ0) is 17.2. The fourth-order valence-electron chi connectivity index (χ4n) is 2.43. The van der Waals surface area contributed by atoms with Gasteiger partial charge in [-0.3, -0.25) is 0 Å². The molecule has 0 amide bonds. The summed E-state index contributed by atoms with van der Waals surface area (Å²) in [5, 5.41) is 7.07. The summed E-state index contributed by atoms with van der Waals surface area (Å²) >= 11 is 5.33. The highest BCUT2D eigenvalue weighted by Crippen LogP contribution is 2.15. The molecule has 2 aromatic carbocycles. The summed E-state index contributed by atoms with van der Waals surface area (Å²) < 4.78 is 5.14. The summed E-state index contributed by atoms with van der Waals surface area (Å²) in [5.74, 6) is 0.833. The molecule has 2 aromatic rings. The number of ether oxygens (including phenoxy) is 1. The average molecular weight is 343 g/mol. The summed E-state index contributed by atoms with van der Waals surface area (Å²) in [6.07, 6.45) is 1.02. The zero-order valence-electron chi connectivity index (χ0n) is 14.3. The van der Waals surface area contributed by atoms with Crippen LogP contribution in [-0.4, -0.2) is 31.9 Å². The van der Waals surface area contributed by atoms with Gasteiger partial charge in [-0.25, -0.2) is 0 Å². The van der Waals surface area contributed by atoms with E-state index in [1.54, 1.807) is 7.11 Å². The first-order valence-corrected chi connectivity index (χ1v) is 8.62. The topological polar surface area (TPSA) is 36.5 Å². The summed E-state index contributed by atoms with van der Waals surface area (Å²) in [4.78, 5) is 2.36. The van der Waals surface area contributed by atoms with E-state index in [4.69, 9.17) is 17.0 Å². The van der Waals surface area contributed by atoms with Crippen LogP contribution >= 0.6 is 12.2 Å². The van der Waals surface area contributed by atoms with Crippen LogP contribution in [0.3, 0.4) is 0 Å². The Morgan fingerprint density at radius 3 is 2.42 bits per heavy atom. The van der Waals surface area contributed by atoms with E-state index in [0.717, 1.165) is 37.5 Å². The highest BCUT2D eigenvalue weighted by Gasteiger charge is 2.03. The first-order valence-electron chi connectivity index (χ1n) is 8.22. The van der Waals surface area contributed by atoms with Gasteiger partial charge in [-0.05, 0) is 62.0 Å². The van der Waals surface area contributed by atoms with Crippen molar-refractivity contribution < 1.29 is 4.74 Å². The molecule has 2 N–H and O–H groups in total. The number of rotatable bonds is 8. The van der Waals surface area contributed by atoms with Crippen LogP contribution in [-0.2, 0) is 0 Å². The van der Waals surface area contributed by atoms with Crippen LogP contribution in [0, 0.1) is 0 Å². The van der Waals surface area contributed by atoms with Gasteiger partial charge in [-0.1, -0.05) is 18.2 Å². The Morgan fingerprint density at radius 1 is 1.08 bits per heavy atom. The van der Waals surface area contributed by atoms with Crippen molar-refractivity contribution in [3.05, 3.63) is 54.6 Å². The normalized spacial score (nSPS) is 10.1. The SMILES string of the molecule is CCN(CCCNC(=S)Nc1ccc(OC)cc1)c1ccccc1. The molecule has 0 bridgehead atoms. The van der Waals surface area contributed by atoms with Gasteiger partial charge >= 0.3 is 0 Å². The standard InChI is InChI=1S/C19H25N3OS/c1-3-22(17-8-5-4-6-9-17)15-7-14-20-19(24)21-16-10-12-18(23-2)13-11-16/h4-6,8-13H,3,7,14-15H2,1-2H3,(H2,20,21,24). The van der Waals surface area contributed by atoms with Crippen molar-refractivity contribution in [1.82, 2.24) is 5.32 Å². The van der Waals surface area contributed by atoms with Gasteiger partial charge in [0.25, 0.3) is 0 Å². The van der Waals surface area contributed by atoms with Gasteiger partial charge in [0.1, 0.15) is 5.75 Å². The van der Waals surface area contributed by atoms with Crippen molar-refractivity contribution in [3.8, 4) is 5.75 Å². The number of para-hydroxylation sites is 1. The molecule has 0 saturated carbocycles. The quantitative estimate of drug-likeness (QED) is 0.562. The lowest BCUT2D eigenvalue weighted by Crippen LogP contribution is -2.32. The van der Waals surface area contributed by atoms with E-state index < -0.39 is 0 Å². The van der Waals surface area contributed by atoms with Crippen molar-refractivity contribution >= 4 is 28.7 Å². The molecular formula is C19H25N3OS. The second kappa shape index (κ2) is 9.78. The van der Waals surface area contributed by atoms with Crippen LogP contribution in [0.25, 0.3) is 0 Å². The highest BCUT2D eigenvalue weighted by atomic mass is 32.1. The second-order valence-corrected chi connectivity index (χ2v) is 5.79. The molecule has 0 aromatic heterocycles. The molecule has 0 aliphatic heterocycles. The van der Waals surface area contributed by atoms with E-state index in [1.165, 1.54) is 5.69 Å². The van der Waals surface area contributed by atoms with E-state index >= 15 is 0 Å². The summed E-state index contributed by atoms with van der Waals surface area (Å²) in [7, 11) is 1.66. The van der Waals surface area contributed by atoms with E-state index in [-0.39, 0.29) is 0 Å². The smallest absolute Gasteiger partial charge is 0.170 e. The largest absolute Gasteiger partial charge is 0.497 e. The third kappa shape index (κ3) is 5.74. The van der Waals surface area contributed by atoms with E-state index in [1.807, 2.05) is 30.3 Å². The minimum atomic E-state index is 0.642. The third-order valence-corrected chi connectivity index (χ3v) is 3.99. The minimum Gasteiger partial charge on any atom is -0.497 e. The number of nitrogens with zero attached hydrogens (tertiary/aromatic N) is 1. The number of hydrogen-bond donors (Lipinski definition) is 2. The van der Waals surface area contributed by atoms with Crippen molar-refractivity contribution in [1.29, 1.82) is 0 Å². The van der Waals surface area contributed by atoms with Crippen molar-refractivity contribution in [3.63, 3.8) is 0 Å². The van der Waals surface area contributed by atoms with Gasteiger partial charge < -0.3 is 20.3 Å². The molecule has 0 fully saturated rings. The molecule has 5 heteroatoms. The first kappa shape index (κ1) is 18.1. The molecule has 0 aliphatic rings. The number of nitrogens with one attached hydrogen (secondary N) is 2. The monoisotopic (exact) mass is 343 g/mol. The van der Waals surface area contributed by atoms with Gasteiger partial charge in [0, 0.05) is 31.0 Å². The molecule has 4 nitrogen and oxygen atoms in total. The molecule has 0 radical (unpaired) electrons. The molecule has 0 heterocycles. The van der Waals surface area contributed by atoms with Crippen LogP contribution in [0.15, 0.2) is 54.6 Å². The van der Waals surface area contributed by atoms with Crippen LogP contribution in [0.1, 0.15) is 13.3 Å². The lowest BCUT2D eigenvalue weighted by atomic mass is 10.2. The Bertz CT molecular complexity index is 616. The summed E-state index contributed by atoms with van der Waals surface area (Å²) in [5.41, 5.74) is 2.21. The Kier molecular flexibility index (Phi) is 7.36. The second-order valence-electron chi connectivity index (χ2n) is 5.38. The Hall–Kier alpha value is -2.27. The minimum absolute atomic E-state index is 0.642. The maximum absolute atomic E-state index is 5.33. The number of anilines is 2. The predicted octanol–water partition coefficient (Wildman–Crippen LogP) is 3.90. The molecule has 0 aliphatic carbocycles. The van der Waals surface area contributed by atoms with Gasteiger partial charge in [0.2, 0.25) is 0 Å². The summed E-state index contributed by atoms with van der Waals surface area (Å²) in [6.45, 7) is 5.01.